The van der Waals surface area contributed by atoms with E-state index in [9.17, 15) is 13.2 Å². The predicted molar refractivity (Wildman–Crippen MR) is 165 cm³/mol. The largest absolute Gasteiger partial charge is 0.439 e. The second-order valence-electron chi connectivity index (χ2n) is 11.1. The average Bonchev–Trinajstić information content (AvgIpc) is 3.66. The lowest BCUT2D eigenvalue weighted by atomic mass is 9.87. The molecule has 0 spiro atoms. The molecule has 1 amide bonds. The van der Waals surface area contributed by atoms with Gasteiger partial charge >= 0.3 is 0 Å². The third kappa shape index (κ3) is 6.49. The Kier molecular flexibility index (Phi) is 8.53. The first-order valence-electron chi connectivity index (χ1n) is 14.5. The van der Waals surface area contributed by atoms with Gasteiger partial charge in [-0.05, 0) is 55.3 Å². The molecule has 3 heterocycles. The number of pyridine rings is 1. The maximum atomic E-state index is 13.7. The zero-order valence-corrected chi connectivity index (χ0v) is 25.2. The number of anilines is 1. The highest BCUT2D eigenvalue weighted by molar-refractivity contribution is 7.89. The summed E-state index contributed by atoms with van der Waals surface area (Å²) in [7, 11) is -1.58. The maximum absolute atomic E-state index is 13.7. The lowest BCUT2D eigenvalue weighted by Gasteiger charge is -2.31. The van der Waals surface area contributed by atoms with Crippen molar-refractivity contribution in [2.45, 2.75) is 42.9 Å². The van der Waals surface area contributed by atoms with E-state index >= 15 is 0 Å². The molecule has 11 heteroatoms. The number of hydrogen-bond acceptors (Lipinski definition) is 8. The van der Waals surface area contributed by atoms with Crippen molar-refractivity contribution in [3.8, 4) is 11.6 Å². The van der Waals surface area contributed by atoms with E-state index in [2.05, 4.69) is 20.2 Å². The molecule has 0 radical (unpaired) electrons. The fraction of sp³-hybridized carbons (Fsp3) is 0.387. The van der Waals surface area contributed by atoms with E-state index < -0.39 is 15.9 Å². The third-order valence-electron chi connectivity index (χ3n) is 8.17. The fourth-order valence-electron chi connectivity index (χ4n) is 5.74. The van der Waals surface area contributed by atoms with Crippen LogP contribution < -0.4 is 10.1 Å². The lowest BCUT2D eigenvalue weighted by Crippen LogP contribution is -2.47. The van der Waals surface area contributed by atoms with Crippen LogP contribution in [0.3, 0.4) is 0 Å². The monoisotopic (exact) mass is 605 g/mol. The maximum Gasteiger partial charge on any atom is 0.243 e. The van der Waals surface area contributed by atoms with E-state index in [1.165, 1.54) is 24.2 Å². The number of thiazole rings is 1. The number of amides is 1. The smallest absolute Gasteiger partial charge is 0.243 e. The number of carbonyl (C=O) groups excluding carboxylic acids is 1. The highest BCUT2D eigenvalue weighted by Crippen LogP contribution is 2.36. The average molecular weight is 606 g/mol. The second kappa shape index (κ2) is 12.5. The molecule has 2 aromatic heterocycles. The number of fused-ring (bicyclic) bond motifs is 1. The first kappa shape index (κ1) is 28.7. The van der Waals surface area contributed by atoms with Gasteiger partial charge in [-0.1, -0.05) is 67.4 Å². The van der Waals surface area contributed by atoms with Crippen LogP contribution in [0, 0.1) is 5.92 Å². The number of likely N-dealkylation sites (N-methyl/N-ethyl adjacent to an activating group) is 1. The van der Waals surface area contributed by atoms with Crippen LogP contribution in [0.2, 0.25) is 0 Å². The summed E-state index contributed by atoms with van der Waals surface area (Å²) in [5, 5.41) is 3.51. The van der Waals surface area contributed by atoms with Gasteiger partial charge in [0, 0.05) is 32.2 Å². The van der Waals surface area contributed by atoms with Gasteiger partial charge in [0.15, 0.2) is 5.13 Å². The molecule has 2 fully saturated rings. The summed E-state index contributed by atoms with van der Waals surface area (Å²) in [4.78, 5) is 26.0. The normalized spacial score (nSPS) is 17.8. The van der Waals surface area contributed by atoms with E-state index in [4.69, 9.17) is 4.74 Å². The number of sulfonamides is 1. The molecular formula is C31H35N5O4S2. The van der Waals surface area contributed by atoms with E-state index in [0.29, 0.717) is 65.6 Å². The Morgan fingerprint density at radius 1 is 0.976 bits per heavy atom. The van der Waals surface area contributed by atoms with Crippen molar-refractivity contribution in [1.29, 1.82) is 0 Å². The number of nitrogens with one attached hydrogen (secondary N) is 1. The molecular weight excluding hydrogens is 571 g/mol. The Morgan fingerprint density at radius 3 is 2.40 bits per heavy atom. The Morgan fingerprint density at radius 2 is 1.69 bits per heavy atom. The first-order valence-corrected chi connectivity index (χ1v) is 16.7. The van der Waals surface area contributed by atoms with Crippen LogP contribution in [-0.2, 0) is 14.8 Å². The van der Waals surface area contributed by atoms with Crippen molar-refractivity contribution in [2.75, 3.05) is 38.5 Å². The standard InChI is InChI=1S/C31H35N5O4S2/c1-35-17-19-36(20-18-35)42(38,39)25-13-11-23(12-14-25)26(21-22-7-5-6-8-22)29(37)34-31-32-27-15-16-28(33-30(27)41-31)40-24-9-3-2-4-10-24/h2-4,9-16,22,26H,5-8,17-21H2,1H3,(H,32,34,37)/t26-/m1/s1. The molecule has 2 aliphatic rings. The molecule has 220 valence electrons. The van der Waals surface area contributed by atoms with Gasteiger partial charge in [0.1, 0.15) is 16.1 Å². The van der Waals surface area contributed by atoms with E-state index in [1.54, 1.807) is 34.6 Å². The number of carbonyl (C=O) groups is 1. The van der Waals surface area contributed by atoms with Crippen LogP contribution in [-0.4, -0.2) is 66.7 Å². The van der Waals surface area contributed by atoms with Crippen molar-refractivity contribution in [3.63, 3.8) is 0 Å². The van der Waals surface area contributed by atoms with Gasteiger partial charge in [-0.2, -0.15) is 4.31 Å². The zero-order chi connectivity index (χ0) is 29.1. The van der Waals surface area contributed by atoms with Crippen LogP contribution in [0.4, 0.5) is 5.13 Å². The van der Waals surface area contributed by atoms with Gasteiger partial charge in [-0.25, -0.2) is 18.4 Å². The summed E-state index contributed by atoms with van der Waals surface area (Å²) in [5.74, 6) is 1.06. The summed E-state index contributed by atoms with van der Waals surface area (Å²) < 4.78 is 33.9. The number of piperazine rings is 1. The van der Waals surface area contributed by atoms with Crippen molar-refractivity contribution in [1.82, 2.24) is 19.2 Å². The topological polar surface area (TPSA) is 105 Å². The summed E-state index contributed by atoms with van der Waals surface area (Å²) in [6, 6.07) is 19.9. The summed E-state index contributed by atoms with van der Waals surface area (Å²) in [6.45, 7) is 2.38. The molecule has 1 aliphatic heterocycles. The number of aromatic nitrogens is 2. The van der Waals surface area contributed by atoms with Crippen LogP contribution in [0.25, 0.3) is 10.3 Å². The number of nitrogens with zero attached hydrogens (tertiary/aromatic N) is 4. The minimum Gasteiger partial charge on any atom is -0.439 e. The van der Waals surface area contributed by atoms with Crippen molar-refractivity contribution in [2.24, 2.45) is 5.92 Å². The lowest BCUT2D eigenvalue weighted by molar-refractivity contribution is -0.118. The Labute approximate surface area is 250 Å². The highest BCUT2D eigenvalue weighted by Gasteiger charge is 2.30. The first-order chi connectivity index (χ1) is 20.3. The third-order valence-corrected chi connectivity index (χ3v) is 11.0. The predicted octanol–water partition coefficient (Wildman–Crippen LogP) is 5.72. The van der Waals surface area contributed by atoms with Crippen molar-refractivity contribution >= 4 is 42.7 Å². The van der Waals surface area contributed by atoms with Crippen LogP contribution >= 0.6 is 11.3 Å². The quantitative estimate of drug-likeness (QED) is 0.260. The molecule has 1 N–H and O–H groups in total. The molecule has 1 saturated heterocycles. The minimum absolute atomic E-state index is 0.142. The van der Waals surface area contributed by atoms with Gasteiger partial charge in [0.25, 0.3) is 0 Å². The summed E-state index contributed by atoms with van der Waals surface area (Å²) in [5.41, 5.74) is 1.50. The number of para-hydroxylation sites is 1. The highest BCUT2D eigenvalue weighted by atomic mass is 32.2. The summed E-state index contributed by atoms with van der Waals surface area (Å²) in [6.07, 6.45) is 5.29. The Bertz CT molecular complexity index is 1630. The molecule has 1 saturated carbocycles. The van der Waals surface area contributed by atoms with Gasteiger partial charge in [-0.15, -0.1) is 0 Å². The number of benzene rings is 2. The fourth-order valence-corrected chi connectivity index (χ4v) is 7.99. The SMILES string of the molecule is CN1CCN(S(=O)(=O)c2ccc([C@@H](CC3CCCC3)C(=O)Nc3nc4ccc(Oc5ccccc5)nc4s3)cc2)CC1. The molecule has 0 bridgehead atoms. The molecule has 1 atom stereocenters. The number of hydrogen-bond donors (Lipinski definition) is 1. The van der Waals surface area contributed by atoms with E-state index in [1.807, 2.05) is 43.4 Å². The molecule has 9 nitrogen and oxygen atoms in total. The van der Waals surface area contributed by atoms with Crippen LogP contribution in [0.1, 0.15) is 43.6 Å². The Hall–Kier alpha value is -3.38. The molecule has 42 heavy (non-hydrogen) atoms. The van der Waals surface area contributed by atoms with Crippen LogP contribution in [0.15, 0.2) is 71.6 Å². The molecule has 6 rings (SSSR count). The second-order valence-corrected chi connectivity index (χ2v) is 14.0. The van der Waals surface area contributed by atoms with E-state index in [0.717, 1.165) is 18.4 Å². The molecule has 4 aromatic rings. The molecule has 0 unspecified atom stereocenters. The van der Waals surface area contributed by atoms with Gasteiger partial charge in [0.05, 0.1) is 10.8 Å². The number of ether oxygens (including phenoxy) is 1. The molecule has 2 aromatic carbocycles. The van der Waals surface area contributed by atoms with E-state index in [-0.39, 0.29) is 10.8 Å². The molecule has 1 aliphatic carbocycles. The zero-order valence-electron chi connectivity index (χ0n) is 23.6. The minimum atomic E-state index is -3.58. The van der Waals surface area contributed by atoms with Crippen molar-refractivity contribution < 1.29 is 17.9 Å². The summed E-state index contributed by atoms with van der Waals surface area (Å²) >= 11 is 1.30. The van der Waals surface area contributed by atoms with Gasteiger partial charge in [-0.3, -0.25) is 4.79 Å². The van der Waals surface area contributed by atoms with Crippen molar-refractivity contribution in [3.05, 3.63) is 72.3 Å². The van der Waals surface area contributed by atoms with Gasteiger partial charge < -0.3 is 15.0 Å². The van der Waals surface area contributed by atoms with Gasteiger partial charge in [0.2, 0.25) is 21.8 Å². The van der Waals surface area contributed by atoms with Crippen LogP contribution in [0.5, 0.6) is 11.6 Å². The Balaban J connectivity index is 1.20. The number of rotatable bonds is 9.